The number of benzene rings is 2. The van der Waals surface area contributed by atoms with E-state index in [1.807, 2.05) is 55.5 Å². The van der Waals surface area contributed by atoms with Crippen molar-refractivity contribution < 1.29 is 4.79 Å². The highest BCUT2D eigenvalue weighted by Crippen LogP contribution is 2.14. The summed E-state index contributed by atoms with van der Waals surface area (Å²) in [6, 6.07) is 23.9. The van der Waals surface area contributed by atoms with Gasteiger partial charge in [-0.15, -0.1) is 0 Å². The van der Waals surface area contributed by atoms with Crippen molar-refractivity contribution in [3.05, 3.63) is 129 Å². The van der Waals surface area contributed by atoms with Crippen LogP contribution in [0.4, 0.5) is 5.69 Å². The molecule has 0 aliphatic heterocycles. The Labute approximate surface area is 203 Å². The molecule has 4 aromatic rings. The second kappa shape index (κ2) is 10.6. The van der Waals surface area contributed by atoms with Crippen LogP contribution in [0.5, 0.6) is 0 Å². The van der Waals surface area contributed by atoms with Crippen LogP contribution in [0, 0.1) is 12.3 Å². The maximum absolute atomic E-state index is 12.7. The van der Waals surface area contributed by atoms with Gasteiger partial charge in [0.15, 0.2) is 0 Å². The lowest BCUT2D eigenvalue weighted by molar-refractivity contribution is 0.0954. The average Bonchev–Trinajstić information content (AvgIpc) is 2.86. The summed E-state index contributed by atoms with van der Waals surface area (Å²) in [6.45, 7) is 2.50. The lowest BCUT2D eigenvalue weighted by Crippen LogP contribution is -2.30. The smallest absolute Gasteiger partial charge is 0.270 e. The van der Waals surface area contributed by atoms with Gasteiger partial charge >= 0.3 is 0 Å². The number of hydrogen-bond acceptors (Lipinski definition) is 5. The highest BCUT2D eigenvalue weighted by molar-refractivity contribution is 6.06. The number of nitrogens with one attached hydrogen (secondary N) is 2. The molecule has 2 aromatic carbocycles. The molecule has 1 amide bonds. The molecule has 0 fully saturated rings. The highest BCUT2D eigenvalue weighted by Gasteiger charge is 2.12. The minimum atomic E-state index is -0.341. The van der Waals surface area contributed by atoms with E-state index in [0.717, 1.165) is 22.4 Å². The van der Waals surface area contributed by atoms with Crippen molar-refractivity contribution in [2.24, 2.45) is 0 Å². The quantitative estimate of drug-likeness (QED) is 0.273. The van der Waals surface area contributed by atoms with Gasteiger partial charge in [-0.1, -0.05) is 48.0 Å². The lowest BCUT2D eigenvalue weighted by atomic mass is 10.0. The molecule has 0 bridgehead atoms. The number of rotatable bonds is 8. The Balaban J connectivity index is 1.37. The molecule has 0 aliphatic rings. The molecule has 0 aliphatic carbocycles. The molecule has 0 saturated carbocycles. The van der Waals surface area contributed by atoms with Crippen LogP contribution in [0.2, 0.25) is 0 Å². The number of nitrogen functional groups attached to an aromatic ring is 1. The van der Waals surface area contributed by atoms with Gasteiger partial charge in [0.25, 0.3) is 11.5 Å². The summed E-state index contributed by atoms with van der Waals surface area (Å²) < 4.78 is 1.66. The molecule has 0 saturated heterocycles. The normalized spacial score (nSPS) is 10.7. The Morgan fingerprint density at radius 2 is 1.77 bits per heavy atom. The minimum absolute atomic E-state index is 0.0339. The first kappa shape index (κ1) is 23.6. The number of hydrogen-bond donors (Lipinski definition) is 3. The van der Waals surface area contributed by atoms with Gasteiger partial charge in [-0.05, 0) is 48.4 Å². The summed E-state index contributed by atoms with van der Waals surface area (Å²) in [6.07, 6.45) is 2.34. The number of pyridine rings is 2. The molecule has 2 aromatic heterocycles. The number of carbonyl (C=O) groups is 1. The van der Waals surface area contributed by atoms with Crippen LogP contribution in [0.25, 0.3) is 0 Å². The molecule has 176 valence electrons. The Kier molecular flexibility index (Phi) is 7.16. The first-order chi connectivity index (χ1) is 16.9. The zero-order chi connectivity index (χ0) is 24.8. The van der Waals surface area contributed by atoms with E-state index in [2.05, 4.69) is 10.3 Å². The summed E-state index contributed by atoms with van der Waals surface area (Å²) in [5, 5.41) is 11.0. The zero-order valence-electron chi connectivity index (χ0n) is 19.5. The molecule has 2 heterocycles. The molecule has 35 heavy (non-hydrogen) atoms. The molecular weight excluding hydrogens is 438 g/mol. The first-order valence-electron chi connectivity index (χ1n) is 11.3. The van der Waals surface area contributed by atoms with E-state index >= 15 is 0 Å². The van der Waals surface area contributed by atoms with E-state index in [4.69, 9.17) is 11.1 Å². The standard InChI is InChI=1S/C28H27N5O2/c1-19-8-13-24(29)23(15-19)25(30)17-31-28(35)26-6-4-5-22(32-26)16-20-9-11-21(12-10-20)18-33-14-3-2-7-27(33)34/h2-15,30H,16-18,29H2,1H3,(H,31,35). The molecule has 0 spiro atoms. The number of carbonyl (C=O) groups excluding carboxylic acids is 1. The summed E-state index contributed by atoms with van der Waals surface area (Å²) in [5.41, 5.74) is 11.5. The maximum Gasteiger partial charge on any atom is 0.270 e. The zero-order valence-corrected chi connectivity index (χ0v) is 19.5. The van der Waals surface area contributed by atoms with Crippen molar-refractivity contribution in [2.45, 2.75) is 19.9 Å². The van der Waals surface area contributed by atoms with E-state index in [9.17, 15) is 9.59 Å². The number of anilines is 1. The Bertz CT molecular complexity index is 1420. The molecule has 4 rings (SSSR count). The Morgan fingerprint density at radius 3 is 2.54 bits per heavy atom. The Hall–Kier alpha value is -4.52. The van der Waals surface area contributed by atoms with Crippen LogP contribution in [0.1, 0.15) is 38.4 Å². The fourth-order valence-corrected chi connectivity index (χ4v) is 3.75. The van der Waals surface area contributed by atoms with Gasteiger partial charge in [-0.25, -0.2) is 4.98 Å². The third kappa shape index (κ3) is 6.09. The number of nitrogens with two attached hydrogens (primary N) is 1. The topological polar surface area (TPSA) is 114 Å². The van der Waals surface area contributed by atoms with Crippen LogP contribution < -0.4 is 16.6 Å². The van der Waals surface area contributed by atoms with Crippen molar-refractivity contribution in [1.82, 2.24) is 14.9 Å². The van der Waals surface area contributed by atoms with Crippen LogP contribution in [-0.4, -0.2) is 27.7 Å². The number of aryl methyl sites for hydroxylation is 1. The van der Waals surface area contributed by atoms with Gasteiger partial charge in [-0.2, -0.15) is 0 Å². The summed E-state index contributed by atoms with van der Waals surface area (Å²) in [5.74, 6) is -0.341. The van der Waals surface area contributed by atoms with Crippen LogP contribution in [-0.2, 0) is 13.0 Å². The van der Waals surface area contributed by atoms with Gasteiger partial charge in [0.1, 0.15) is 5.69 Å². The van der Waals surface area contributed by atoms with Crippen LogP contribution >= 0.6 is 0 Å². The Morgan fingerprint density at radius 1 is 1.00 bits per heavy atom. The second-order valence-corrected chi connectivity index (χ2v) is 8.43. The third-order valence-corrected chi connectivity index (χ3v) is 5.66. The molecule has 0 unspecified atom stereocenters. The highest BCUT2D eigenvalue weighted by atomic mass is 16.2. The van der Waals surface area contributed by atoms with Crippen molar-refractivity contribution in [3.63, 3.8) is 0 Å². The summed E-state index contributed by atoms with van der Waals surface area (Å²) >= 11 is 0. The molecule has 7 nitrogen and oxygen atoms in total. The fourth-order valence-electron chi connectivity index (χ4n) is 3.75. The molecule has 0 radical (unpaired) electrons. The van der Waals surface area contributed by atoms with Gasteiger partial charge in [0.2, 0.25) is 0 Å². The lowest BCUT2D eigenvalue weighted by Gasteiger charge is -2.10. The maximum atomic E-state index is 12.7. The van der Waals surface area contributed by atoms with E-state index in [0.29, 0.717) is 29.9 Å². The van der Waals surface area contributed by atoms with E-state index < -0.39 is 0 Å². The van der Waals surface area contributed by atoms with Gasteiger partial charge < -0.3 is 21.0 Å². The molecule has 4 N–H and O–H groups in total. The predicted octanol–water partition coefficient (Wildman–Crippen LogP) is 3.57. The van der Waals surface area contributed by atoms with Crippen molar-refractivity contribution in [2.75, 3.05) is 12.3 Å². The van der Waals surface area contributed by atoms with Gasteiger partial charge in [-0.3, -0.25) is 9.59 Å². The van der Waals surface area contributed by atoms with E-state index in [1.165, 1.54) is 0 Å². The van der Waals surface area contributed by atoms with E-state index in [1.54, 1.807) is 41.1 Å². The average molecular weight is 466 g/mol. The number of nitrogens with zero attached hydrogens (tertiary/aromatic N) is 2. The predicted molar refractivity (Wildman–Crippen MR) is 138 cm³/mol. The van der Waals surface area contributed by atoms with Gasteiger partial charge in [0, 0.05) is 35.6 Å². The number of aromatic nitrogens is 2. The second-order valence-electron chi connectivity index (χ2n) is 8.43. The summed E-state index contributed by atoms with van der Waals surface area (Å²) in [7, 11) is 0. The van der Waals surface area contributed by atoms with Crippen LogP contribution in [0.3, 0.4) is 0 Å². The molecule has 0 atom stereocenters. The molecular formula is C28H27N5O2. The SMILES string of the molecule is Cc1ccc(N)c(C(=N)CNC(=O)c2cccc(Cc3ccc(Cn4ccccc4=O)cc3)n2)c1. The third-order valence-electron chi connectivity index (χ3n) is 5.66. The van der Waals surface area contributed by atoms with E-state index in [-0.39, 0.29) is 23.7 Å². The van der Waals surface area contributed by atoms with Gasteiger partial charge in [0.05, 0.1) is 18.8 Å². The van der Waals surface area contributed by atoms with Crippen molar-refractivity contribution in [3.8, 4) is 0 Å². The number of amides is 1. The molecule has 7 heteroatoms. The van der Waals surface area contributed by atoms with Crippen molar-refractivity contribution >= 4 is 17.3 Å². The minimum Gasteiger partial charge on any atom is -0.398 e. The first-order valence-corrected chi connectivity index (χ1v) is 11.3. The summed E-state index contributed by atoms with van der Waals surface area (Å²) in [4.78, 5) is 29.1. The van der Waals surface area contributed by atoms with Crippen LogP contribution in [0.15, 0.2) is 89.9 Å². The van der Waals surface area contributed by atoms with Crippen molar-refractivity contribution in [1.29, 1.82) is 5.41 Å². The monoisotopic (exact) mass is 465 g/mol. The fraction of sp³-hybridized carbons (Fsp3) is 0.143. The largest absolute Gasteiger partial charge is 0.398 e.